The lowest BCUT2D eigenvalue weighted by molar-refractivity contribution is 0.481. The van der Waals surface area contributed by atoms with Crippen LogP contribution < -0.4 is 15.4 Å². The van der Waals surface area contributed by atoms with Crippen LogP contribution in [0.5, 0.6) is 0 Å². The van der Waals surface area contributed by atoms with Crippen molar-refractivity contribution >= 4 is 16.0 Å². The molecular weight excluding hydrogens is 312 g/mol. The van der Waals surface area contributed by atoms with Crippen LogP contribution in [0, 0.1) is 12.8 Å². The first-order valence-electron chi connectivity index (χ1n) is 7.79. The molecule has 1 rings (SSSR count). The minimum absolute atomic E-state index is 0.277. The van der Waals surface area contributed by atoms with Gasteiger partial charge >= 0.3 is 0 Å². The fraction of sp³-hybridized carbons (Fsp3) is 0.562. The molecule has 0 radical (unpaired) electrons. The molecule has 0 fully saturated rings. The van der Waals surface area contributed by atoms with Crippen LogP contribution in [-0.4, -0.2) is 40.6 Å². The van der Waals surface area contributed by atoms with Gasteiger partial charge in [-0.25, -0.2) is 13.1 Å². The number of nitrogens with zero attached hydrogens (tertiary/aromatic N) is 1. The van der Waals surface area contributed by atoms with Crippen molar-refractivity contribution in [2.24, 2.45) is 10.9 Å². The lowest BCUT2D eigenvalue weighted by Gasteiger charge is -2.20. The van der Waals surface area contributed by atoms with Gasteiger partial charge in [0.15, 0.2) is 5.96 Å². The summed E-state index contributed by atoms with van der Waals surface area (Å²) >= 11 is 0. The maximum Gasteiger partial charge on any atom is 0.240 e. The van der Waals surface area contributed by atoms with E-state index in [1.807, 2.05) is 6.92 Å². The molecule has 0 aliphatic carbocycles. The molecule has 1 aromatic rings. The smallest absolute Gasteiger partial charge is 0.240 e. The third-order valence-electron chi connectivity index (χ3n) is 3.63. The molecule has 0 aromatic heterocycles. The van der Waals surface area contributed by atoms with Crippen molar-refractivity contribution in [1.82, 2.24) is 15.4 Å². The minimum atomic E-state index is -3.47. The molecule has 130 valence electrons. The number of rotatable bonds is 7. The molecule has 0 amide bonds. The minimum Gasteiger partial charge on any atom is -0.355 e. The number of hydrogen-bond acceptors (Lipinski definition) is 3. The van der Waals surface area contributed by atoms with Crippen molar-refractivity contribution in [3.8, 4) is 0 Å². The van der Waals surface area contributed by atoms with E-state index < -0.39 is 10.0 Å². The van der Waals surface area contributed by atoms with Crippen molar-refractivity contribution < 1.29 is 8.42 Å². The van der Waals surface area contributed by atoms with Crippen LogP contribution in [-0.2, 0) is 10.0 Å². The van der Waals surface area contributed by atoms with E-state index in [0.717, 1.165) is 5.56 Å². The van der Waals surface area contributed by atoms with Gasteiger partial charge in [-0.05, 0) is 31.9 Å². The zero-order valence-corrected chi connectivity index (χ0v) is 15.4. The molecule has 0 aliphatic rings. The highest BCUT2D eigenvalue weighted by molar-refractivity contribution is 7.89. The Morgan fingerprint density at radius 1 is 1.13 bits per heavy atom. The summed E-state index contributed by atoms with van der Waals surface area (Å²) in [6, 6.07) is 7.06. The number of hydrogen-bond donors (Lipinski definition) is 3. The van der Waals surface area contributed by atoms with Gasteiger partial charge in [0.05, 0.1) is 4.90 Å². The first kappa shape index (κ1) is 19.4. The highest BCUT2D eigenvalue weighted by Crippen LogP contribution is 2.09. The van der Waals surface area contributed by atoms with Gasteiger partial charge in [-0.3, -0.25) is 4.99 Å². The van der Waals surface area contributed by atoms with Crippen molar-refractivity contribution in [2.45, 2.75) is 38.6 Å². The third kappa shape index (κ3) is 6.58. The highest BCUT2D eigenvalue weighted by atomic mass is 32.2. The van der Waals surface area contributed by atoms with Crippen LogP contribution in [0.15, 0.2) is 34.2 Å². The first-order chi connectivity index (χ1) is 10.8. The van der Waals surface area contributed by atoms with Gasteiger partial charge in [-0.15, -0.1) is 0 Å². The summed E-state index contributed by atoms with van der Waals surface area (Å²) in [5, 5.41) is 6.36. The zero-order valence-electron chi connectivity index (χ0n) is 14.6. The number of benzene rings is 1. The van der Waals surface area contributed by atoms with Crippen LogP contribution in [0.3, 0.4) is 0 Å². The average molecular weight is 340 g/mol. The molecule has 1 unspecified atom stereocenters. The summed E-state index contributed by atoms with van der Waals surface area (Å²) in [7, 11) is -1.78. The molecular formula is C16H28N4O2S. The largest absolute Gasteiger partial charge is 0.355 e. The second kappa shape index (κ2) is 8.88. The molecule has 0 saturated heterocycles. The summed E-state index contributed by atoms with van der Waals surface area (Å²) in [5.74, 6) is 1.15. The Morgan fingerprint density at radius 2 is 1.74 bits per heavy atom. The van der Waals surface area contributed by atoms with Crippen LogP contribution >= 0.6 is 0 Å². The zero-order chi connectivity index (χ0) is 17.5. The fourth-order valence-electron chi connectivity index (χ4n) is 1.74. The predicted octanol–water partition coefficient (Wildman–Crippen LogP) is 1.48. The molecule has 3 N–H and O–H groups in total. The van der Waals surface area contributed by atoms with Crippen molar-refractivity contribution in [1.29, 1.82) is 0 Å². The molecule has 0 aliphatic heterocycles. The summed E-state index contributed by atoms with van der Waals surface area (Å²) in [6.07, 6.45) is 0. The lowest BCUT2D eigenvalue weighted by atomic mass is 10.1. The predicted molar refractivity (Wildman–Crippen MR) is 95.2 cm³/mol. The van der Waals surface area contributed by atoms with E-state index in [1.54, 1.807) is 31.3 Å². The molecule has 0 bridgehead atoms. The first-order valence-corrected chi connectivity index (χ1v) is 9.28. The number of aliphatic imine (C=N–C) groups is 1. The number of guanidine groups is 1. The molecule has 23 heavy (non-hydrogen) atoms. The van der Waals surface area contributed by atoms with E-state index in [1.165, 1.54) is 0 Å². The van der Waals surface area contributed by atoms with Crippen molar-refractivity contribution in [3.05, 3.63) is 29.8 Å². The number of aryl methyl sites for hydroxylation is 1. The van der Waals surface area contributed by atoms with Gasteiger partial charge in [0, 0.05) is 26.2 Å². The SMILES string of the molecule is CN=C(NCCNS(=O)(=O)c1ccc(C)cc1)NC(C)C(C)C. The monoisotopic (exact) mass is 340 g/mol. The van der Waals surface area contributed by atoms with Crippen molar-refractivity contribution in [3.63, 3.8) is 0 Å². The molecule has 1 atom stereocenters. The van der Waals surface area contributed by atoms with Gasteiger partial charge in [0.1, 0.15) is 0 Å². The maximum absolute atomic E-state index is 12.1. The molecule has 1 aromatic carbocycles. The van der Waals surface area contributed by atoms with Crippen LogP contribution in [0.25, 0.3) is 0 Å². The second-order valence-corrected chi connectivity index (χ2v) is 7.65. The molecule has 0 heterocycles. The third-order valence-corrected chi connectivity index (χ3v) is 5.11. The Hall–Kier alpha value is -1.60. The van der Waals surface area contributed by atoms with E-state index in [0.29, 0.717) is 18.4 Å². The Kier molecular flexibility index (Phi) is 7.51. The topological polar surface area (TPSA) is 82.6 Å². The van der Waals surface area contributed by atoms with Gasteiger partial charge < -0.3 is 10.6 Å². The Balaban J connectivity index is 2.45. The summed E-state index contributed by atoms with van der Waals surface area (Å²) in [5.41, 5.74) is 1.03. The van der Waals surface area contributed by atoms with E-state index >= 15 is 0 Å². The Labute approximate surface area is 139 Å². The van der Waals surface area contributed by atoms with Gasteiger partial charge in [0.2, 0.25) is 10.0 Å². The summed E-state index contributed by atoms with van der Waals surface area (Å²) < 4.78 is 26.9. The summed E-state index contributed by atoms with van der Waals surface area (Å²) in [6.45, 7) is 8.99. The molecule has 6 nitrogen and oxygen atoms in total. The normalized spacial score (nSPS) is 13.9. The van der Waals surface area contributed by atoms with Crippen LogP contribution in [0.1, 0.15) is 26.3 Å². The van der Waals surface area contributed by atoms with E-state index in [-0.39, 0.29) is 17.5 Å². The van der Waals surface area contributed by atoms with E-state index in [9.17, 15) is 8.42 Å². The molecule has 0 saturated carbocycles. The molecule has 0 spiro atoms. The van der Waals surface area contributed by atoms with Gasteiger partial charge in [-0.1, -0.05) is 31.5 Å². The van der Waals surface area contributed by atoms with Crippen LogP contribution in [0.2, 0.25) is 0 Å². The number of nitrogens with one attached hydrogen (secondary N) is 3. The summed E-state index contributed by atoms with van der Waals surface area (Å²) in [4.78, 5) is 4.41. The standard InChI is InChI=1S/C16H28N4O2S/c1-12(2)14(4)20-16(17-5)18-10-11-19-23(21,22)15-8-6-13(3)7-9-15/h6-9,12,14,19H,10-11H2,1-5H3,(H2,17,18,20). The van der Waals surface area contributed by atoms with E-state index in [2.05, 4.69) is 41.1 Å². The van der Waals surface area contributed by atoms with Crippen LogP contribution in [0.4, 0.5) is 0 Å². The second-order valence-electron chi connectivity index (χ2n) is 5.89. The maximum atomic E-state index is 12.1. The van der Waals surface area contributed by atoms with Crippen molar-refractivity contribution in [2.75, 3.05) is 20.1 Å². The fourth-order valence-corrected chi connectivity index (χ4v) is 2.78. The number of sulfonamides is 1. The highest BCUT2D eigenvalue weighted by Gasteiger charge is 2.13. The lowest BCUT2D eigenvalue weighted by Crippen LogP contribution is -2.46. The average Bonchev–Trinajstić information content (AvgIpc) is 2.50. The van der Waals surface area contributed by atoms with Gasteiger partial charge in [0.25, 0.3) is 0 Å². The quantitative estimate of drug-likeness (QED) is 0.399. The van der Waals surface area contributed by atoms with Gasteiger partial charge in [-0.2, -0.15) is 0 Å². The Bertz CT molecular complexity index is 609. The van der Waals surface area contributed by atoms with E-state index in [4.69, 9.17) is 0 Å². The molecule has 7 heteroatoms. The Morgan fingerprint density at radius 3 is 2.26 bits per heavy atom.